The van der Waals surface area contributed by atoms with E-state index in [0.717, 1.165) is 30.1 Å². The summed E-state index contributed by atoms with van der Waals surface area (Å²) in [6.45, 7) is 0. The molecule has 0 bridgehead atoms. The van der Waals surface area contributed by atoms with E-state index < -0.39 is 5.97 Å². The average Bonchev–Trinajstić information content (AvgIpc) is 2.15. The van der Waals surface area contributed by atoms with Crippen molar-refractivity contribution in [3.63, 3.8) is 0 Å². The highest BCUT2D eigenvalue weighted by atomic mass is 32.2. The van der Waals surface area contributed by atoms with Crippen molar-refractivity contribution in [3.05, 3.63) is 0 Å². The summed E-state index contributed by atoms with van der Waals surface area (Å²) in [4.78, 5) is 11.0. The van der Waals surface area contributed by atoms with Crippen molar-refractivity contribution >= 4 is 29.5 Å². The van der Waals surface area contributed by atoms with Gasteiger partial charge in [-0.25, -0.2) is 0 Å². The number of thioether (sulfide) groups is 2. The van der Waals surface area contributed by atoms with E-state index in [1.165, 1.54) is 0 Å². The monoisotopic (exact) mass is 220 g/mol. The van der Waals surface area contributed by atoms with Crippen molar-refractivity contribution in [1.82, 2.24) is 0 Å². The van der Waals surface area contributed by atoms with Crippen LogP contribution in [0.3, 0.4) is 0 Å². The van der Waals surface area contributed by atoms with Crippen LogP contribution in [0.5, 0.6) is 0 Å². The van der Waals surface area contributed by atoms with Gasteiger partial charge in [-0.15, -0.1) is 0 Å². The molecule has 0 spiro atoms. The minimum atomic E-state index is -0.605. The maximum Gasteiger partial charge on any atom is 0.307 e. The standard InChI is InChI=1S/C9H16O2S2/c1-12-6-8(9(10)11)7-2-4-13-5-3-7/h7-8H,2-6H2,1H3,(H,10,11). The number of aliphatic carboxylic acids is 1. The van der Waals surface area contributed by atoms with E-state index >= 15 is 0 Å². The van der Waals surface area contributed by atoms with Gasteiger partial charge in [0, 0.05) is 5.75 Å². The lowest BCUT2D eigenvalue weighted by Crippen LogP contribution is -2.28. The van der Waals surface area contributed by atoms with E-state index in [2.05, 4.69) is 0 Å². The maximum atomic E-state index is 11.0. The van der Waals surface area contributed by atoms with Gasteiger partial charge in [0.15, 0.2) is 0 Å². The fourth-order valence-electron chi connectivity index (χ4n) is 1.71. The maximum absolute atomic E-state index is 11.0. The van der Waals surface area contributed by atoms with Crippen LogP contribution in [0.1, 0.15) is 12.8 Å². The van der Waals surface area contributed by atoms with Gasteiger partial charge in [0.05, 0.1) is 5.92 Å². The Kier molecular flexibility index (Phi) is 5.02. The van der Waals surface area contributed by atoms with E-state index in [4.69, 9.17) is 5.11 Å². The fraction of sp³-hybridized carbons (Fsp3) is 0.889. The van der Waals surface area contributed by atoms with Crippen LogP contribution in [0, 0.1) is 11.8 Å². The largest absolute Gasteiger partial charge is 0.481 e. The Hall–Kier alpha value is 0.170. The van der Waals surface area contributed by atoms with E-state index in [1.54, 1.807) is 11.8 Å². The molecule has 1 atom stereocenters. The molecule has 1 N–H and O–H groups in total. The SMILES string of the molecule is CSCC(C(=O)O)C1CCSCC1. The van der Waals surface area contributed by atoms with Gasteiger partial charge in [0.2, 0.25) is 0 Å². The third-order valence-corrected chi connectivity index (χ3v) is 4.24. The predicted octanol–water partition coefficient (Wildman–Crippen LogP) is 2.19. The fourth-order valence-corrected chi connectivity index (χ4v) is 3.62. The molecule has 1 saturated heterocycles. The van der Waals surface area contributed by atoms with Gasteiger partial charge >= 0.3 is 5.97 Å². The summed E-state index contributed by atoms with van der Waals surface area (Å²) < 4.78 is 0. The Labute approximate surface area is 87.9 Å². The first kappa shape index (κ1) is 11.2. The molecule has 2 nitrogen and oxygen atoms in total. The molecule has 0 aromatic heterocycles. The van der Waals surface area contributed by atoms with Gasteiger partial charge in [0.1, 0.15) is 0 Å². The number of carbonyl (C=O) groups is 1. The summed E-state index contributed by atoms with van der Waals surface area (Å²) in [6.07, 6.45) is 4.15. The quantitative estimate of drug-likeness (QED) is 0.788. The molecule has 0 aromatic carbocycles. The summed E-state index contributed by atoms with van der Waals surface area (Å²) in [5.41, 5.74) is 0. The molecule has 13 heavy (non-hydrogen) atoms. The zero-order valence-electron chi connectivity index (χ0n) is 7.86. The summed E-state index contributed by atoms with van der Waals surface area (Å²) in [7, 11) is 0. The summed E-state index contributed by atoms with van der Waals surface area (Å²) >= 11 is 3.59. The van der Waals surface area contributed by atoms with Crippen molar-refractivity contribution in [2.24, 2.45) is 11.8 Å². The van der Waals surface area contributed by atoms with Crippen LogP contribution >= 0.6 is 23.5 Å². The van der Waals surface area contributed by atoms with Gasteiger partial charge in [0.25, 0.3) is 0 Å². The average molecular weight is 220 g/mol. The number of carboxylic acid groups (broad SMARTS) is 1. The Morgan fingerprint density at radius 1 is 1.62 bits per heavy atom. The lowest BCUT2D eigenvalue weighted by Gasteiger charge is -2.26. The third kappa shape index (κ3) is 3.43. The van der Waals surface area contributed by atoms with Crippen LogP contribution in [-0.4, -0.2) is 34.6 Å². The van der Waals surface area contributed by atoms with Gasteiger partial charge in [-0.3, -0.25) is 4.79 Å². The normalized spacial score (nSPS) is 21.3. The first-order valence-corrected chi connectivity index (χ1v) is 7.10. The van der Waals surface area contributed by atoms with Gasteiger partial charge in [-0.2, -0.15) is 23.5 Å². The summed E-state index contributed by atoms with van der Waals surface area (Å²) in [6, 6.07) is 0. The molecular weight excluding hydrogens is 204 g/mol. The van der Waals surface area contributed by atoms with Gasteiger partial charge < -0.3 is 5.11 Å². The molecule has 1 aliphatic rings. The first-order valence-electron chi connectivity index (χ1n) is 4.55. The minimum Gasteiger partial charge on any atom is -0.481 e. The molecular formula is C9H16O2S2. The smallest absolute Gasteiger partial charge is 0.307 e. The minimum absolute atomic E-state index is 0.115. The van der Waals surface area contributed by atoms with E-state index in [0.29, 0.717) is 5.92 Å². The summed E-state index contributed by atoms with van der Waals surface area (Å²) in [5.74, 6) is 2.75. The molecule has 4 heteroatoms. The van der Waals surface area contributed by atoms with Gasteiger partial charge in [-0.1, -0.05) is 0 Å². The zero-order valence-corrected chi connectivity index (χ0v) is 9.50. The highest BCUT2D eigenvalue weighted by Gasteiger charge is 2.28. The molecule has 0 amide bonds. The van der Waals surface area contributed by atoms with Crippen LogP contribution in [0.15, 0.2) is 0 Å². The van der Waals surface area contributed by atoms with E-state index in [1.807, 2.05) is 18.0 Å². The summed E-state index contributed by atoms with van der Waals surface area (Å²) in [5, 5.41) is 9.04. The van der Waals surface area contributed by atoms with Crippen LogP contribution < -0.4 is 0 Å². The van der Waals surface area contributed by atoms with Crippen molar-refractivity contribution < 1.29 is 9.90 Å². The topological polar surface area (TPSA) is 37.3 Å². The molecule has 0 aromatic rings. The Balaban J connectivity index is 2.46. The van der Waals surface area contributed by atoms with E-state index in [9.17, 15) is 4.79 Å². The van der Waals surface area contributed by atoms with E-state index in [-0.39, 0.29) is 5.92 Å². The number of carboxylic acids is 1. The highest BCUT2D eigenvalue weighted by Crippen LogP contribution is 2.30. The predicted molar refractivity (Wildman–Crippen MR) is 59.6 cm³/mol. The molecule has 1 unspecified atom stereocenters. The zero-order chi connectivity index (χ0) is 9.68. The third-order valence-electron chi connectivity index (χ3n) is 2.50. The Bertz CT molecular complexity index is 167. The number of hydrogen-bond donors (Lipinski definition) is 1. The van der Waals surface area contributed by atoms with Crippen molar-refractivity contribution in [2.75, 3.05) is 23.5 Å². The molecule has 1 heterocycles. The second kappa shape index (κ2) is 5.81. The molecule has 0 saturated carbocycles. The molecule has 0 aliphatic carbocycles. The molecule has 0 radical (unpaired) electrons. The van der Waals surface area contributed by atoms with Crippen LogP contribution in [0.2, 0.25) is 0 Å². The first-order chi connectivity index (χ1) is 6.25. The Morgan fingerprint density at radius 2 is 2.23 bits per heavy atom. The lowest BCUT2D eigenvalue weighted by atomic mass is 9.89. The van der Waals surface area contributed by atoms with Crippen LogP contribution in [-0.2, 0) is 4.79 Å². The number of rotatable bonds is 4. The molecule has 1 aliphatic heterocycles. The second-order valence-corrected chi connectivity index (χ2v) is 5.49. The highest BCUT2D eigenvalue weighted by molar-refractivity contribution is 7.99. The molecule has 76 valence electrons. The Morgan fingerprint density at radius 3 is 2.69 bits per heavy atom. The van der Waals surface area contributed by atoms with Crippen LogP contribution in [0.4, 0.5) is 0 Å². The van der Waals surface area contributed by atoms with Crippen molar-refractivity contribution in [3.8, 4) is 0 Å². The second-order valence-electron chi connectivity index (χ2n) is 3.35. The molecule has 1 rings (SSSR count). The number of hydrogen-bond acceptors (Lipinski definition) is 3. The van der Waals surface area contributed by atoms with Crippen molar-refractivity contribution in [2.45, 2.75) is 12.8 Å². The molecule has 1 fully saturated rings. The van der Waals surface area contributed by atoms with Crippen LogP contribution in [0.25, 0.3) is 0 Å². The van der Waals surface area contributed by atoms with Gasteiger partial charge in [-0.05, 0) is 36.5 Å². The lowest BCUT2D eigenvalue weighted by molar-refractivity contribution is -0.142. The van der Waals surface area contributed by atoms with Crippen molar-refractivity contribution in [1.29, 1.82) is 0 Å².